The molecule has 0 radical (unpaired) electrons. The fraction of sp³-hybridized carbons (Fsp3) is 1.00. The van der Waals surface area contributed by atoms with Gasteiger partial charge in [-0.25, -0.2) is 0 Å². The lowest BCUT2D eigenvalue weighted by Gasteiger charge is -2.26. The molecule has 0 fully saturated rings. The average Bonchev–Trinajstić information content (AvgIpc) is 1.84. The van der Waals surface area contributed by atoms with Crippen molar-refractivity contribution in [3.8, 4) is 0 Å². The molecule has 0 bridgehead atoms. The van der Waals surface area contributed by atoms with Crippen LogP contribution in [0.25, 0.3) is 0 Å². The molecule has 0 spiro atoms. The summed E-state index contributed by atoms with van der Waals surface area (Å²) in [6.45, 7) is 6.63. The normalized spacial score (nSPS) is 15.0. The molecular weight excluding hydrogens is 178 g/mol. The largest absolute Gasteiger partial charge is 0.300 e. The molecule has 0 rings (SSSR count). The van der Waals surface area contributed by atoms with E-state index in [4.69, 9.17) is 0 Å². The monoisotopic (exact) mass is 193 g/mol. The molecule has 0 aromatic carbocycles. The van der Waals surface area contributed by atoms with Crippen molar-refractivity contribution in [2.24, 2.45) is 0 Å². The zero-order valence-electron chi connectivity index (χ0n) is 6.69. The lowest BCUT2D eigenvalue weighted by Crippen LogP contribution is -2.35. The van der Waals surface area contributed by atoms with Crippen LogP contribution in [0.4, 0.5) is 0 Å². The second-order valence-corrected chi connectivity index (χ2v) is 3.41. The van der Waals surface area contributed by atoms with Gasteiger partial charge in [0.2, 0.25) is 0 Å². The predicted octanol–water partition coefficient (Wildman–Crippen LogP) is 2.11. The van der Waals surface area contributed by atoms with E-state index in [1.54, 1.807) is 0 Å². The summed E-state index contributed by atoms with van der Waals surface area (Å²) in [5.74, 6) is 0. The molecule has 0 aliphatic heterocycles. The van der Waals surface area contributed by atoms with Crippen molar-refractivity contribution in [3.05, 3.63) is 0 Å². The summed E-state index contributed by atoms with van der Waals surface area (Å²) in [5, 5.41) is 1.06. The van der Waals surface area contributed by atoms with E-state index in [0.29, 0.717) is 12.1 Å². The van der Waals surface area contributed by atoms with Crippen molar-refractivity contribution < 1.29 is 0 Å². The number of halogens is 1. The topological polar surface area (TPSA) is 3.24 Å². The molecule has 1 unspecified atom stereocenters. The first-order valence-corrected chi connectivity index (χ1v) is 4.49. The van der Waals surface area contributed by atoms with Gasteiger partial charge in [-0.15, -0.1) is 0 Å². The number of rotatable bonds is 3. The molecule has 56 valence electrons. The van der Waals surface area contributed by atoms with Gasteiger partial charge in [-0.3, -0.25) is 0 Å². The van der Waals surface area contributed by atoms with Crippen LogP contribution in [0.15, 0.2) is 0 Å². The summed E-state index contributed by atoms with van der Waals surface area (Å²) in [6, 6.07) is 1.29. The fourth-order valence-electron chi connectivity index (χ4n) is 0.618. The lowest BCUT2D eigenvalue weighted by atomic mass is 10.2. The highest BCUT2D eigenvalue weighted by Gasteiger charge is 2.09. The zero-order chi connectivity index (χ0) is 7.44. The maximum atomic E-state index is 3.44. The Kier molecular flexibility index (Phi) is 4.50. The highest BCUT2D eigenvalue weighted by molar-refractivity contribution is 9.09. The zero-order valence-corrected chi connectivity index (χ0v) is 8.27. The highest BCUT2D eigenvalue weighted by Crippen LogP contribution is 2.03. The number of alkyl halides is 1. The Morgan fingerprint density at radius 3 is 1.89 bits per heavy atom. The van der Waals surface area contributed by atoms with Crippen LogP contribution in [0.1, 0.15) is 20.8 Å². The molecule has 1 nitrogen and oxygen atoms in total. The Labute approximate surface area is 66.6 Å². The van der Waals surface area contributed by atoms with Gasteiger partial charge in [0.15, 0.2) is 0 Å². The molecule has 0 aliphatic carbocycles. The SMILES string of the molecule is CC(C)N(C)C(C)CBr. The van der Waals surface area contributed by atoms with Crippen LogP contribution in [0.5, 0.6) is 0 Å². The Balaban J connectivity index is 3.58. The van der Waals surface area contributed by atoms with Crippen molar-refractivity contribution >= 4 is 15.9 Å². The smallest absolute Gasteiger partial charge is 0.0185 e. The van der Waals surface area contributed by atoms with Crippen LogP contribution in [0.2, 0.25) is 0 Å². The van der Waals surface area contributed by atoms with E-state index in [2.05, 4.69) is 48.6 Å². The van der Waals surface area contributed by atoms with Gasteiger partial charge in [0.05, 0.1) is 0 Å². The number of hydrogen-bond donors (Lipinski definition) is 0. The van der Waals surface area contributed by atoms with Gasteiger partial charge in [0.1, 0.15) is 0 Å². The average molecular weight is 194 g/mol. The molecule has 0 amide bonds. The first kappa shape index (κ1) is 9.44. The summed E-state index contributed by atoms with van der Waals surface area (Å²) >= 11 is 3.44. The quantitative estimate of drug-likeness (QED) is 0.622. The van der Waals surface area contributed by atoms with Crippen molar-refractivity contribution in [1.29, 1.82) is 0 Å². The minimum Gasteiger partial charge on any atom is -0.300 e. The molecule has 0 aromatic heterocycles. The molecular formula is C7H16BrN. The van der Waals surface area contributed by atoms with E-state index in [1.165, 1.54) is 0 Å². The second kappa shape index (κ2) is 4.29. The third-order valence-electron chi connectivity index (χ3n) is 1.73. The molecule has 1 atom stereocenters. The standard InChI is InChI=1S/C7H16BrN/c1-6(2)9(4)7(3)5-8/h6-7H,5H2,1-4H3. The Morgan fingerprint density at radius 2 is 1.78 bits per heavy atom. The fourth-order valence-corrected chi connectivity index (χ4v) is 1.07. The summed E-state index contributed by atoms with van der Waals surface area (Å²) < 4.78 is 0. The first-order valence-electron chi connectivity index (χ1n) is 3.37. The second-order valence-electron chi connectivity index (χ2n) is 2.76. The maximum Gasteiger partial charge on any atom is 0.0185 e. The Hall–Kier alpha value is 0.440. The number of hydrogen-bond acceptors (Lipinski definition) is 1. The summed E-state index contributed by atoms with van der Waals surface area (Å²) in [6.07, 6.45) is 0. The van der Waals surface area contributed by atoms with Gasteiger partial charge in [-0.05, 0) is 27.8 Å². The maximum absolute atomic E-state index is 3.44. The van der Waals surface area contributed by atoms with Gasteiger partial charge in [-0.2, -0.15) is 0 Å². The third-order valence-corrected chi connectivity index (χ3v) is 2.67. The van der Waals surface area contributed by atoms with Gasteiger partial charge in [-0.1, -0.05) is 15.9 Å². The molecule has 2 heteroatoms. The van der Waals surface area contributed by atoms with E-state index >= 15 is 0 Å². The van der Waals surface area contributed by atoms with E-state index in [1.807, 2.05) is 0 Å². The summed E-state index contributed by atoms with van der Waals surface area (Å²) in [4.78, 5) is 2.34. The minimum absolute atomic E-state index is 0.644. The molecule has 0 saturated carbocycles. The van der Waals surface area contributed by atoms with Crippen molar-refractivity contribution in [2.45, 2.75) is 32.9 Å². The van der Waals surface area contributed by atoms with E-state index in [-0.39, 0.29) is 0 Å². The summed E-state index contributed by atoms with van der Waals surface area (Å²) in [7, 11) is 2.15. The van der Waals surface area contributed by atoms with E-state index < -0.39 is 0 Å². The van der Waals surface area contributed by atoms with Crippen LogP contribution in [0.3, 0.4) is 0 Å². The summed E-state index contributed by atoms with van der Waals surface area (Å²) in [5.41, 5.74) is 0. The van der Waals surface area contributed by atoms with Gasteiger partial charge < -0.3 is 4.90 Å². The van der Waals surface area contributed by atoms with Crippen molar-refractivity contribution in [3.63, 3.8) is 0 Å². The van der Waals surface area contributed by atoms with Crippen LogP contribution in [-0.2, 0) is 0 Å². The molecule has 0 aromatic rings. The van der Waals surface area contributed by atoms with Crippen molar-refractivity contribution in [2.75, 3.05) is 12.4 Å². The first-order chi connectivity index (χ1) is 4.09. The van der Waals surface area contributed by atoms with Crippen LogP contribution in [-0.4, -0.2) is 29.4 Å². The Morgan fingerprint density at radius 1 is 1.33 bits per heavy atom. The molecule has 0 heterocycles. The van der Waals surface area contributed by atoms with Crippen LogP contribution < -0.4 is 0 Å². The van der Waals surface area contributed by atoms with Gasteiger partial charge in [0.25, 0.3) is 0 Å². The van der Waals surface area contributed by atoms with Crippen LogP contribution in [0, 0.1) is 0 Å². The lowest BCUT2D eigenvalue weighted by molar-refractivity contribution is 0.226. The highest BCUT2D eigenvalue weighted by atomic mass is 79.9. The minimum atomic E-state index is 0.644. The predicted molar refractivity (Wildman–Crippen MR) is 46.2 cm³/mol. The molecule has 0 N–H and O–H groups in total. The molecule has 9 heavy (non-hydrogen) atoms. The third kappa shape index (κ3) is 3.21. The molecule has 0 saturated heterocycles. The van der Waals surface area contributed by atoms with Gasteiger partial charge >= 0.3 is 0 Å². The van der Waals surface area contributed by atoms with Gasteiger partial charge in [0, 0.05) is 17.4 Å². The van der Waals surface area contributed by atoms with Crippen LogP contribution >= 0.6 is 15.9 Å². The van der Waals surface area contributed by atoms with Crippen molar-refractivity contribution in [1.82, 2.24) is 4.90 Å². The Bertz CT molecular complexity index is 73.3. The molecule has 0 aliphatic rings. The number of nitrogens with zero attached hydrogens (tertiary/aromatic N) is 1. The van der Waals surface area contributed by atoms with E-state index in [0.717, 1.165) is 5.33 Å². The van der Waals surface area contributed by atoms with E-state index in [9.17, 15) is 0 Å².